The van der Waals surface area contributed by atoms with E-state index >= 15 is 0 Å². The normalized spacial score (nSPS) is 12.0. The summed E-state index contributed by atoms with van der Waals surface area (Å²) >= 11 is 0. The Hall–Kier alpha value is -2.11. The van der Waals surface area contributed by atoms with Crippen LogP contribution in [-0.2, 0) is 9.53 Å². The van der Waals surface area contributed by atoms with Gasteiger partial charge >= 0.3 is 5.97 Å². The number of nitrogens with zero attached hydrogens (tertiary/aromatic N) is 1. The lowest BCUT2D eigenvalue weighted by molar-refractivity contribution is -0.144. The molecule has 0 saturated heterocycles. The summed E-state index contributed by atoms with van der Waals surface area (Å²) in [6.45, 7) is 3.64. The minimum Gasteiger partial charge on any atom is -0.467 e. The molecule has 3 N–H and O–H groups in total. The lowest BCUT2D eigenvalue weighted by Crippen LogP contribution is -2.45. The summed E-state index contributed by atoms with van der Waals surface area (Å²) in [6, 6.07) is 2.38. The maximum atomic E-state index is 11.9. The van der Waals surface area contributed by atoms with Crippen LogP contribution in [0.2, 0.25) is 0 Å². The molecule has 0 aliphatic carbocycles. The SMILES string of the molecule is COC(=O)C(NC(=O)c1ccc(N)cn1)C(C)C. The number of ether oxygens (including phenoxy) is 1. The van der Waals surface area contributed by atoms with E-state index in [9.17, 15) is 9.59 Å². The molecule has 6 nitrogen and oxygen atoms in total. The van der Waals surface area contributed by atoms with Crippen LogP contribution in [0.4, 0.5) is 5.69 Å². The number of pyridine rings is 1. The fourth-order valence-electron chi connectivity index (χ4n) is 1.38. The van der Waals surface area contributed by atoms with Gasteiger partial charge in [-0.3, -0.25) is 4.79 Å². The molecule has 0 radical (unpaired) electrons. The number of anilines is 1. The number of carbonyl (C=O) groups is 2. The summed E-state index contributed by atoms with van der Waals surface area (Å²) < 4.78 is 4.64. The summed E-state index contributed by atoms with van der Waals surface area (Å²) in [5, 5.41) is 2.59. The predicted molar refractivity (Wildman–Crippen MR) is 66.8 cm³/mol. The van der Waals surface area contributed by atoms with E-state index in [0.717, 1.165) is 0 Å². The van der Waals surface area contributed by atoms with Crippen molar-refractivity contribution in [2.45, 2.75) is 19.9 Å². The highest BCUT2D eigenvalue weighted by Crippen LogP contribution is 2.06. The first kappa shape index (κ1) is 14.0. The standard InChI is InChI=1S/C12H17N3O3/c1-7(2)10(12(17)18-3)15-11(16)9-5-4-8(13)6-14-9/h4-7,10H,13H2,1-3H3,(H,15,16). The van der Waals surface area contributed by atoms with E-state index in [4.69, 9.17) is 5.73 Å². The second-order valence-electron chi connectivity index (χ2n) is 4.20. The summed E-state index contributed by atoms with van der Waals surface area (Å²) in [6.07, 6.45) is 1.39. The van der Waals surface area contributed by atoms with Crippen LogP contribution in [0.5, 0.6) is 0 Å². The molecule has 0 aliphatic heterocycles. The molecule has 18 heavy (non-hydrogen) atoms. The third-order valence-electron chi connectivity index (χ3n) is 2.43. The van der Waals surface area contributed by atoms with Crippen LogP contribution in [0.3, 0.4) is 0 Å². The topological polar surface area (TPSA) is 94.3 Å². The molecule has 0 fully saturated rings. The van der Waals surface area contributed by atoms with Gasteiger partial charge in [-0.2, -0.15) is 0 Å². The van der Waals surface area contributed by atoms with E-state index in [1.54, 1.807) is 6.07 Å². The monoisotopic (exact) mass is 251 g/mol. The first-order valence-corrected chi connectivity index (χ1v) is 5.56. The van der Waals surface area contributed by atoms with Gasteiger partial charge in [-0.25, -0.2) is 9.78 Å². The Balaban J connectivity index is 2.78. The van der Waals surface area contributed by atoms with Crippen molar-refractivity contribution in [1.82, 2.24) is 10.3 Å². The lowest BCUT2D eigenvalue weighted by Gasteiger charge is -2.19. The second kappa shape index (κ2) is 6.00. The minimum absolute atomic E-state index is 0.0739. The average Bonchev–Trinajstić information content (AvgIpc) is 2.35. The number of carbonyl (C=O) groups excluding carboxylic acids is 2. The largest absolute Gasteiger partial charge is 0.467 e. The fourth-order valence-corrected chi connectivity index (χ4v) is 1.38. The van der Waals surface area contributed by atoms with Crippen LogP contribution < -0.4 is 11.1 Å². The van der Waals surface area contributed by atoms with Crippen LogP contribution in [0.25, 0.3) is 0 Å². The maximum Gasteiger partial charge on any atom is 0.328 e. The highest BCUT2D eigenvalue weighted by Gasteiger charge is 2.25. The molecule has 1 rings (SSSR count). The zero-order valence-corrected chi connectivity index (χ0v) is 10.6. The number of aromatic nitrogens is 1. The summed E-state index contributed by atoms with van der Waals surface area (Å²) in [4.78, 5) is 27.3. The summed E-state index contributed by atoms with van der Waals surface area (Å²) in [5.74, 6) is -0.983. The third kappa shape index (κ3) is 3.44. The molecule has 1 aromatic rings. The molecule has 98 valence electrons. The van der Waals surface area contributed by atoms with Gasteiger partial charge in [0.2, 0.25) is 0 Å². The molecular formula is C12H17N3O3. The first-order chi connectivity index (χ1) is 8.45. The highest BCUT2D eigenvalue weighted by atomic mass is 16.5. The summed E-state index contributed by atoms with van der Waals surface area (Å²) in [7, 11) is 1.28. The fraction of sp³-hybridized carbons (Fsp3) is 0.417. The van der Waals surface area contributed by atoms with Crippen molar-refractivity contribution in [2.75, 3.05) is 12.8 Å². The van der Waals surface area contributed by atoms with Crippen molar-refractivity contribution in [2.24, 2.45) is 5.92 Å². The van der Waals surface area contributed by atoms with Gasteiger partial charge in [-0.05, 0) is 18.1 Å². The van der Waals surface area contributed by atoms with E-state index in [1.165, 1.54) is 19.4 Å². The number of nitrogens with one attached hydrogen (secondary N) is 1. The van der Waals surface area contributed by atoms with Crippen LogP contribution in [0.15, 0.2) is 18.3 Å². The molecule has 1 unspecified atom stereocenters. The molecule has 0 spiro atoms. The Morgan fingerprint density at radius 3 is 2.50 bits per heavy atom. The molecule has 1 heterocycles. The van der Waals surface area contributed by atoms with Crippen LogP contribution >= 0.6 is 0 Å². The third-order valence-corrected chi connectivity index (χ3v) is 2.43. The van der Waals surface area contributed by atoms with Crippen LogP contribution in [0.1, 0.15) is 24.3 Å². The number of hydrogen-bond acceptors (Lipinski definition) is 5. The molecule has 0 aliphatic rings. The van der Waals surface area contributed by atoms with Gasteiger partial charge in [0.15, 0.2) is 0 Å². The molecule has 1 amide bonds. The van der Waals surface area contributed by atoms with E-state index in [0.29, 0.717) is 5.69 Å². The Morgan fingerprint density at radius 2 is 2.06 bits per heavy atom. The van der Waals surface area contributed by atoms with Crippen molar-refractivity contribution in [3.63, 3.8) is 0 Å². The van der Waals surface area contributed by atoms with Gasteiger partial charge < -0.3 is 15.8 Å². The number of nitrogens with two attached hydrogens (primary N) is 1. The van der Waals surface area contributed by atoms with Crippen LogP contribution in [-0.4, -0.2) is 30.0 Å². The van der Waals surface area contributed by atoms with Gasteiger partial charge in [0.1, 0.15) is 11.7 Å². The van der Waals surface area contributed by atoms with Crippen molar-refractivity contribution in [3.05, 3.63) is 24.0 Å². The van der Waals surface area contributed by atoms with Crippen molar-refractivity contribution < 1.29 is 14.3 Å². The molecule has 1 atom stereocenters. The number of esters is 1. The van der Waals surface area contributed by atoms with Crippen molar-refractivity contribution in [1.29, 1.82) is 0 Å². The Morgan fingerprint density at radius 1 is 1.39 bits per heavy atom. The Labute approximate surface area is 106 Å². The van der Waals surface area contributed by atoms with Gasteiger partial charge in [-0.15, -0.1) is 0 Å². The smallest absolute Gasteiger partial charge is 0.328 e. The Bertz CT molecular complexity index is 429. The second-order valence-corrected chi connectivity index (χ2v) is 4.20. The van der Waals surface area contributed by atoms with Crippen molar-refractivity contribution in [3.8, 4) is 0 Å². The first-order valence-electron chi connectivity index (χ1n) is 5.56. The van der Waals surface area contributed by atoms with Gasteiger partial charge in [0.05, 0.1) is 19.0 Å². The molecule has 0 aromatic carbocycles. The maximum absolute atomic E-state index is 11.9. The molecule has 0 saturated carbocycles. The number of nitrogen functional groups attached to an aromatic ring is 1. The van der Waals surface area contributed by atoms with Gasteiger partial charge in [-0.1, -0.05) is 13.8 Å². The predicted octanol–water partition coefficient (Wildman–Crippen LogP) is 0.591. The molecule has 6 heteroatoms. The quantitative estimate of drug-likeness (QED) is 0.764. The van der Waals surface area contributed by atoms with E-state index in [1.807, 2.05) is 13.8 Å². The molecule has 1 aromatic heterocycles. The zero-order valence-electron chi connectivity index (χ0n) is 10.6. The molecular weight excluding hydrogens is 234 g/mol. The van der Waals surface area contributed by atoms with Gasteiger partial charge in [0, 0.05) is 0 Å². The number of methoxy groups -OCH3 is 1. The zero-order chi connectivity index (χ0) is 13.7. The lowest BCUT2D eigenvalue weighted by atomic mass is 10.0. The number of amides is 1. The van der Waals surface area contributed by atoms with Crippen LogP contribution in [0, 0.1) is 5.92 Å². The molecule has 0 bridgehead atoms. The number of hydrogen-bond donors (Lipinski definition) is 2. The van der Waals surface area contributed by atoms with E-state index < -0.39 is 17.9 Å². The van der Waals surface area contributed by atoms with Crippen molar-refractivity contribution >= 4 is 17.6 Å². The van der Waals surface area contributed by atoms with Gasteiger partial charge in [0.25, 0.3) is 5.91 Å². The Kier molecular flexibility index (Phi) is 4.65. The van der Waals surface area contributed by atoms with E-state index in [-0.39, 0.29) is 11.6 Å². The van der Waals surface area contributed by atoms with E-state index in [2.05, 4.69) is 15.0 Å². The highest BCUT2D eigenvalue weighted by molar-refractivity contribution is 5.95. The minimum atomic E-state index is -0.693. The summed E-state index contributed by atoms with van der Waals surface area (Å²) in [5.41, 5.74) is 6.16. The number of rotatable bonds is 4. The average molecular weight is 251 g/mol.